The third kappa shape index (κ3) is 11.8. The summed E-state index contributed by atoms with van der Waals surface area (Å²) < 4.78 is 0.458. The maximum Gasteiger partial charge on any atom is 0.133 e. The normalized spacial score (nSPS) is 8.75. The largest absolute Gasteiger partial charge is 0.133 e. The van der Waals surface area contributed by atoms with E-state index in [2.05, 4.69) is 31.9 Å². The first kappa shape index (κ1) is 5.02. The van der Waals surface area contributed by atoms with Crippen molar-refractivity contribution < 1.29 is 0 Å². The summed E-state index contributed by atoms with van der Waals surface area (Å²) >= 11 is 6.38. The van der Waals surface area contributed by atoms with Crippen molar-refractivity contribution in [3.63, 3.8) is 0 Å². The van der Waals surface area contributed by atoms with E-state index in [0.717, 1.165) is 0 Å². The number of halogens is 2. The fraction of sp³-hybridized carbons (Fsp3) is 1.00. The van der Waals surface area contributed by atoms with Crippen LogP contribution in [0.5, 0.6) is 0 Å². The molecule has 0 heterocycles. The first-order valence-electron chi connectivity index (χ1n) is 1.01. The SMILES string of the molecule is BC(Br)Br. The van der Waals surface area contributed by atoms with Crippen molar-refractivity contribution in [1.82, 2.24) is 0 Å². The average molecular weight is 186 g/mol. The van der Waals surface area contributed by atoms with Gasteiger partial charge < -0.3 is 0 Å². The molecule has 0 atom stereocenters. The summed E-state index contributed by atoms with van der Waals surface area (Å²) in [5.41, 5.74) is 0. The van der Waals surface area contributed by atoms with Gasteiger partial charge in [-0.15, -0.1) is 0 Å². The minimum atomic E-state index is 0.458. The van der Waals surface area contributed by atoms with Gasteiger partial charge >= 0.3 is 0 Å². The highest BCUT2D eigenvalue weighted by Crippen LogP contribution is 1.98. The van der Waals surface area contributed by atoms with Crippen LogP contribution in [0.15, 0.2) is 0 Å². The maximum atomic E-state index is 3.19. The Bertz CT molecular complexity index is 10.8. The molecule has 4 heavy (non-hydrogen) atoms. The van der Waals surface area contributed by atoms with Crippen LogP contribution in [0.4, 0.5) is 0 Å². The van der Waals surface area contributed by atoms with Crippen molar-refractivity contribution in [2.75, 3.05) is 0 Å². The summed E-state index contributed by atoms with van der Waals surface area (Å²) in [5.74, 6) is 0. The quantitative estimate of drug-likeness (QED) is 0.385. The molecule has 0 nitrogen and oxygen atoms in total. The minimum Gasteiger partial charge on any atom is -0.0867 e. The second kappa shape index (κ2) is 2.27. The Balaban J connectivity index is 2.32. The molecule has 0 bridgehead atoms. The second-order valence-electron chi connectivity index (χ2n) is 0.519. The molecular weight excluding hydrogens is 183 g/mol. The van der Waals surface area contributed by atoms with Gasteiger partial charge in [-0.25, -0.2) is 0 Å². The van der Waals surface area contributed by atoms with E-state index in [-0.39, 0.29) is 0 Å². The Labute approximate surface area is 43.6 Å². The molecule has 0 N–H and O–H groups in total. The molecule has 0 rings (SSSR count). The molecule has 0 aromatic carbocycles. The van der Waals surface area contributed by atoms with Crippen molar-refractivity contribution in [2.24, 2.45) is 0 Å². The van der Waals surface area contributed by atoms with Crippen molar-refractivity contribution in [1.29, 1.82) is 0 Å². The van der Waals surface area contributed by atoms with Crippen LogP contribution >= 0.6 is 31.9 Å². The molecule has 0 radical (unpaired) electrons. The fourth-order valence-corrected chi connectivity index (χ4v) is 0. The van der Waals surface area contributed by atoms with Crippen LogP contribution in [-0.2, 0) is 0 Å². The number of rotatable bonds is 0. The van der Waals surface area contributed by atoms with Crippen molar-refractivity contribution >= 4 is 39.7 Å². The molecule has 0 spiro atoms. The number of hydrogen-bond acceptors (Lipinski definition) is 0. The zero-order chi connectivity index (χ0) is 3.58. The third-order valence-electron chi connectivity index (χ3n) is 0. The Morgan fingerprint density at radius 3 is 1.50 bits per heavy atom. The fourth-order valence-electron chi connectivity index (χ4n) is 0. The summed E-state index contributed by atoms with van der Waals surface area (Å²) in [6, 6.07) is 0. The van der Waals surface area contributed by atoms with Gasteiger partial charge in [0.25, 0.3) is 0 Å². The lowest BCUT2D eigenvalue weighted by Crippen LogP contribution is -1.73. The molecule has 0 saturated heterocycles. The topological polar surface area (TPSA) is 0 Å². The molecule has 3 heteroatoms. The zero-order valence-electron chi connectivity index (χ0n) is 2.33. The van der Waals surface area contributed by atoms with E-state index in [1.54, 1.807) is 0 Å². The van der Waals surface area contributed by atoms with Gasteiger partial charge in [0, 0.05) is 3.64 Å². The monoisotopic (exact) mass is 184 g/mol. The molecule has 0 aliphatic heterocycles. The first-order chi connectivity index (χ1) is 1.73. The summed E-state index contributed by atoms with van der Waals surface area (Å²) in [7, 11) is 2.00. The van der Waals surface area contributed by atoms with Gasteiger partial charge in [-0.3, -0.25) is 0 Å². The molecule has 24 valence electrons. The summed E-state index contributed by atoms with van der Waals surface area (Å²) in [6.07, 6.45) is 0. The number of hydrogen-bond donors (Lipinski definition) is 0. The van der Waals surface area contributed by atoms with Crippen LogP contribution in [0.25, 0.3) is 0 Å². The average Bonchev–Trinajstić information content (AvgIpc) is 0.811. The predicted molar refractivity (Wildman–Crippen MR) is 30.2 cm³/mol. The molecular formula is CH3BBr2. The highest BCUT2D eigenvalue weighted by atomic mass is 79.9. The molecule has 0 aliphatic rings. The van der Waals surface area contributed by atoms with Crippen molar-refractivity contribution in [2.45, 2.75) is 3.64 Å². The van der Waals surface area contributed by atoms with E-state index in [4.69, 9.17) is 0 Å². The van der Waals surface area contributed by atoms with E-state index in [1.165, 1.54) is 0 Å². The van der Waals surface area contributed by atoms with Crippen LogP contribution in [0, 0.1) is 0 Å². The Morgan fingerprint density at radius 2 is 1.50 bits per heavy atom. The highest BCUT2D eigenvalue weighted by Gasteiger charge is 1.75. The Morgan fingerprint density at radius 1 is 1.50 bits per heavy atom. The van der Waals surface area contributed by atoms with Gasteiger partial charge in [0.1, 0.15) is 7.85 Å². The first-order valence-corrected chi connectivity index (χ1v) is 2.85. The van der Waals surface area contributed by atoms with Crippen LogP contribution in [0.2, 0.25) is 0 Å². The zero-order valence-corrected chi connectivity index (χ0v) is 5.51. The summed E-state index contributed by atoms with van der Waals surface area (Å²) in [4.78, 5) is 0. The van der Waals surface area contributed by atoms with Gasteiger partial charge in [-0.1, -0.05) is 31.9 Å². The van der Waals surface area contributed by atoms with Gasteiger partial charge in [0.15, 0.2) is 0 Å². The molecule has 0 saturated carbocycles. The van der Waals surface area contributed by atoms with Crippen LogP contribution in [0.3, 0.4) is 0 Å². The van der Waals surface area contributed by atoms with E-state index in [0.29, 0.717) is 3.64 Å². The smallest absolute Gasteiger partial charge is 0.0867 e. The highest BCUT2D eigenvalue weighted by molar-refractivity contribution is 9.25. The summed E-state index contributed by atoms with van der Waals surface area (Å²) in [5, 5.41) is 0. The van der Waals surface area contributed by atoms with E-state index >= 15 is 0 Å². The molecule has 0 aliphatic carbocycles. The van der Waals surface area contributed by atoms with E-state index in [9.17, 15) is 0 Å². The molecule has 0 aromatic rings. The summed E-state index contributed by atoms with van der Waals surface area (Å²) in [6.45, 7) is 0. The molecule has 0 unspecified atom stereocenters. The van der Waals surface area contributed by atoms with Gasteiger partial charge in [0.2, 0.25) is 0 Å². The Hall–Kier alpha value is 1.02. The molecule has 0 amide bonds. The van der Waals surface area contributed by atoms with Gasteiger partial charge in [-0.05, 0) is 0 Å². The van der Waals surface area contributed by atoms with Gasteiger partial charge in [-0.2, -0.15) is 0 Å². The second-order valence-corrected chi connectivity index (χ2v) is 4.49. The van der Waals surface area contributed by atoms with E-state index < -0.39 is 0 Å². The standard InChI is InChI=1S/CH3BBr2/c2-1(3)4/h1H,2H2. The van der Waals surface area contributed by atoms with Crippen molar-refractivity contribution in [3.8, 4) is 0 Å². The minimum absolute atomic E-state index is 0.458. The lowest BCUT2D eigenvalue weighted by atomic mass is 10.2. The predicted octanol–water partition coefficient (Wildman–Crippen LogP) is 0.693. The molecule has 0 fully saturated rings. The third-order valence-corrected chi connectivity index (χ3v) is 0. The van der Waals surface area contributed by atoms with Gasteiger partial charge in [0.05, 0.1) is 0 Å². The van der Waals surface area contributed by atoms with Crippen LogP contribution < -0.4 is 0 Å². The number of alkyl halides is 2. The van der Waals surface area contributed by atoms with Crippen LogP contribution in [-0.4, -0.2) is 11.5 Å². The lowest BCUT2D eigenvalue weighted by molar-refractivity contribution is 2.16. The Kier molecular flexibility index (Phi) is 2.86. The lowest BCUT2D eigenvalue weighted by Gasteiger charge is -1.72. The maximum absolute atomic E-state index is 3.19. The van der Waals surface area contributed by atoms with Crippen molar-refractivity contribution in [3.05, 3.63) is 0 Å². The molecule has 0 aromatic heterocycles. The van der Waals surface area contributed by atoms with E-state index in [1.807, 2.05) is 7.85 Å². The van der Waals surface area contributed by atoms with Crippen LogP contribution in [0.1, 0.15) is 0 Å².